The Morgan fingerprint density at radius 3 is 2.63 bits per heavy atom. The Bertz CT molecular complexity index is 1920. The standard InChI is InChI=1S/C34H32FN7O3S/c1-45-34(33(44)38-25-7-8-27-26(19-25)31(40-39-27)23-3-5-24(35)6-4-23)13-18-41(21-34)20-30(43)42-16-11-22(12-17-42)28-9-10-29(46-28)32-36-14-2-15-37-32/h2-11,14-15,19H,12-13,16-18,20-21H2,1H3,(H,38,44)(H,39,40)/t34-/m0/s1. The molecule has 0 spiro atoms. The van der Waals surface area contributed by atoms with Crippen molar-refractivity contribution in [3.63, 3.8) is 0 Å². The largest absolute Gasteiger partial charge is 0.367 e. The number of aromatic amines is 1. The quantitative estimate of drug-likeness (QED) is 0.239. The molecule has 5 heterocycles. The molecular formula is C34H32FN7O3S. The molecule has 0 radical (unpaired) electrons. The van der Waals surface area contributed by atoms with E-state index in [1.165, 1.54) is 29.7 Å². The van der Waals surface area contributed by atoms with Crippen molar-refractivity contribution in [2.75, 3.05) is 45.2 Å². The number of anilines is 1. The van der Waals surface area contributed by atoms with Gasteiger partial charge in [0, 0.05) is 67.2 Å². The van der Waals surface area contributed by atoms with Crippen molar-refractivity contribution in [3.05, 3.63) is 89.8 Å². The number of nitrogens with one attached hydrogen (secondary N) is 2. The second-order valence-electron chi connectivity index (χ2n) is 11.5. The van der Waals surface area contributed by atoms with Crippen LogP contribution in [0.5, 0.6) is 0 Å². The van der Waals surface area contributed by atoms with Gasteiger partial charge in [-0.2, -0.15) is 5.10 Å². The van der Waals surface area contributed by atoms with Gasteiger partial charge in [-0.05, 0) is 79.1 Å². The monoisotopic (exact) mass is 637 g/mol. The van der Waals surface area contributed by atoms with Crippen LogP contribution in [0.25, 0.3) is 38.4 Å². The van der Waals surface area contributed by atoms with Crippen molar-refractivity contribution in [1.29, 1.82) is 0 Å². The van der Waals surface area contributed by atoms with Crippen LogP contribution >= 0.6 is 11.3 Å². The summed E-state index contributed by atoms with van der Waals surface area (Å²) >= 11 is 1.66. The molecule has 5 aromatic rings. The van der Waals surface area contributed by atoms with Crippen molar-refractivity contribution in [2.45, 2.75) is 18.4 Å². The predicted octanol–water partition coefficient (Wildman–Crippen LogP) is 5.23. The average Bonchev–Trinajstić information content (AvgIpc) is 3.85. The van der Waals surface area contributed by atoms with E-state index in [1.54, 1.807) is 48.0 Å². The van der Waals surface area contributed by atoms with Gasteiger partial charge in [-0.1, -0.05) is 6.08 Å². The summed E-state index contributed by atoms with van der Waals surface area (Å²) in [6, 6.07) is 17.6. The number of H-pyrrole nitrogens is 1. The average molecular weight is 638 g/mol. The molecule has 0 unspecified atom stereocenters. The van der Waals surface area contributed by atoms with Crippen LogP contribution in [0.3, 0.4) is 0 Å². The molecule has 2 amide bonds. The summed E-state index contributed by atoms with van der Waals surface area (Å²) in [6.07, 6.45) is 6.84. The van der Waals surface area contributed by atoms with Gasteiger partial charge in [0.05, 0.1) is 22.6 Å². The molecule has 2 aromatic carbocycles. The number of carbonyl (C=O) groups is 2. The number of aromatic nitrogens is 4. The first-order chi connectivity index (χ1) is 22.4. The number of nitrogens with zero attached hydrogens (tertiary/aromatic N) is 5. The molecule has 46 heavy (non-hydrogen) atoms. The zero-order chi connectivity index (χ0) is 31.7. The number of benzene rings is 2. The smallest absolute Gasteiger partial charge is 0.258 e. The maximum absolute atomic E-state index is 13.6. The Kier molecular flexibility index (Phi) is 8.16. The molecule has 12 heteroatoms. The third-order valence-electron chi connectivity index (χ3n) is 8.68. The van der Waals surface area contributed by atoms with E-state index in [9.17, 15) is 14.0 Å². The predicted molar refractivity (Wildman–Crippen MR) is 175 cm³/mol. The van der Waals surface area contributed by atoms with E-state index in [-0.39, 0.29) is 24.2 Å². The summed E-state index contributed by atoms with van der Waals surface area (Å²) in [4.78, 5) is 41.6. The number of hydrogen-bond donors (Lipinski definition) is 2. The molecule has 3 aromatic heterocycles. The molecule has 1 saturated heterocycles. The molecule has 0 aliphatic carbocycles. The minimum atomic E-state index is -1.08. The highest BCUT2D eigenvalue weighted by Crippen LogP contribution is 2.34. The highest BCUT2D eigenvalue weighted by Gasteiger charge is 2.45. The maximum Gasteiger partial charge on any atom is 0.258 e. The van der Waals surface area contributed by atoms with E-state index >= 15 is 0 Å². The van der Waals surface area contributed by atoms with E-state index in [2.05, 4.69) is 37.6 Å². The Morgan fingerprint density at radius 2 is 1.87 bits per heavy atom. The molecule has 7 rings (SSSR count). The van der Waals surface area contributed by atoms with Crippen LogP contribution in [0, 0.1) is 5.82 Å². The normalized spacial score (nSPS) is 18.6. The summed E-state index contributed by atoms with van der Waals surface area (Å²) in [7, 11) is 1.54. The molecule has 10 nitrogen and oxygen atoms in total. The molecule has 2 aliphatic heterocycles. The van der Waals surface area contributed by atoms with Gasteiger partial charge < -0.3 is 15.0 Å². The van der Waals surface area contributed by atoms with Crippen LogP contribution in [0.1, 0.15) is 17.7 Å². The third kappa shape index (κ3) is 5.94. The van der Waals surface area contributed by atoms with E-state index in [0.717, 1.165) is 27.8 Å². The minimum absolute atomic E-state index is 0.0332. The number of methoxy groups -OCH3 is 1. The van der Waals surface area contributed by atoms with E-state index < -0.39 is 5.60 Å². The molecule has 234 valence electrons. The topological polar surface area (TPSA) is 116 Å². The molecule has 0 bridgehead atoms. The van der Waals surface area contributed by atoms with Crippen molar-refractivity contribution in [2.24, 2.45) is 0 Å². The number of hydrogen-bond acceptors (Lipinski definition) is 8. The van der Waals surface area contributed by atoms with Crippen molar-refractivity contribution in [3.8, 4) is 22.0 Å². The van der Waals surface area contributed by atoms with Crippen LogP contribution in [0.4, 0.5) is 10.1 Å². The van der Waals surface area contributed by atoms with E-state index in [0.29, 0.717) is 49.8 Å². The highest BCUT2D eigenvalue weighted by molar-refractivity contribution is 7.16. The summed E-state index contributed by atoms with van der Waals surface area (Å²) in [5.41, 5.74) is 2.97. The summed E-state index contributed by atoms with van der Waals surface area (Å²) in [5, 5.41) is 11.2. The van der Waals surface area contributed by atoms with Gasteiger partial charge in [0.2, 0.25) is 5.91 Å². The maximum atomic E-state index is 13.6. The summed E-state index contributed by atoms with van der Waals surface area (Å²) in [6.45, 7) is 2.28. The lowest BCUT2D eigenvalue weighted by molar-refractivity contribution is -0.138. The number of amides is 2. The number of likely N-dealkylation sites (tertiary alicyclic amines) is 1. The zero-order valence-electron chi connectivity index (χ0n) is 25.2. The Balaban J connectivity index is 0.968. The molecule has 2 N–H and O–H groups in total. The first kappa shape index (κ1) is 29.9. The first-order valence-electron chi connectivity index (χ1n) is 15.1. The highest BCUT2D eigenvalue weighted by atomic mass is 32.1. The second kappa shape index (κ2) is 12.5. The molecule has 1 fully saturated rings. The number of fused-ring (bicyclic) bond motifs is 1. The Morgan fingerprint density at radius 1 is 1.07 bits per heavy atom. The van der Waals surface area contributed by atoms with Crippen molar-refractivity contribution >= 4 is 45.3 Å². The van der Waals surface area contributed by atoms with Crippen molar-refractivity contribution < 1.29 is 18.7 Å². The SMILES string of the molecule is CO[C@@]1(C(=O)Nc2ccc3[nH]nc(-c4ccc(F)cc4)c3c2)CCN(CC(=O)N2CC=C(c3ccc(-c4ncccn4)s3)CC2)C1. The zero-order valence-corrected chi connectivity index (χ0v) is 26.0. The van der Waals surface area contributed by atoms with E-state index in [4.69, 9.17) is 4.74 Å². The van der Waals surface area contributed by atoms with Gasteiger partial charge >= 0.3 is 0 Å². The Labute approximate surface area is 268 Å². The summed E-state index contributed by atoms with van der Waals surface area (Å²) in [5.74, 6) is 0.163. The lowest BCUT2D eigenvalue weighted by atomic mass is 10.0. The fourth-order valence-electron chi connectivity index (χ4n) is 6.07. The number of carbonyl (C=O) groups excluding carboxylic acids is 2. The fraction of sp³-hybridized carbons (Fsp3) is 0.265. The van der Waals surface area contributed by atoms with Gasteiger partial charge in [0.15, 0.2) is 11.4 Å². The van der Waals surface area contributed by atoms with Gasteiger partial charge in [0.1, 0.15) is 5.82 Å². The second-order valence-corrected chi connectivity index (χ2v) is 12.6. The number of halogens is 1. The molecule has 0 saturated carbocycles. The lowest BCUT2D eigenvalue weighted by Gasteiger charge is -2.29. The van der Waals surface area contributed by atoms with Crippen LogP contribution in [0.15, 0.2) is 79.1 Å². The van der Waals surface area contributed by atoms with Gasteiger partial charge in [-0.25, -0.2) is 14.4 Å². The molecule has 1 atom stereocenters. The minimum Gasteiger partial charge on any atom is -0.367 e. The van der Waals surface area contributed by atoms with Crippen LogP contribution in [0.2, 0.25) is 0 Å². The first-order valence-corrected chi connectivity index (χ1v) is 15.9. The number of rotatable bonds is 8. The van der Waals surface area contributed by atoms with Crippen molar-refractivity contribution in [1.82, 2.24) is 30.0 Å². The van der Waals surface area contributed by atoms with Crippen LogP contribution < -0.4 is 5.32 Å². The van der Waals surface area contributed by atoms with Crippen LogP contribution in [-0.2, 0) is 14.3 Å². The number of ether oxygens (including phenoxy) is 1. The summed E-state index contributed by atoms with van der Waals surface area (Å²) < 4.78 is 19.3. The van der Waals surface area contributed by atoms with Gasteiger partial charge in [-0.15, -0.1) is 11.3 Å². The third-order valence-corrected chi connectivity index (χ3v) is 9.84. The van der Waals surface area contributed by atoms with Crippen LogP contribution in [-0.4, -0.2) is 87.2 Å². The molecule has 2 aliphatic rings. The van der Waals surface area contributed by atoms with Gasteiger partial charge in [-0.3, -0.25) is 19.6 Å². The fourth-order valence-corrected chi connectivity index (χ4v) is 7.09. The molecular weight excluding hydrogens is 605 g/mol. The Hall–Kier alpha value is -4.78. The van der Waals surface area contributed by atoms with Gasteiger partial charge in [0.25, 0.3) is 5.91 Å². The van der Waals surface area contributed by atoms with E-state index in [1.807, 2.05) is 28.0 Å². The lowest BCUT2D eigenvalue weighted by Crippen LogP contribution is -2.48. The number of thiophene rings is 1.